The molecule has 0 spiro atoms. The molecule has 9 nitrogen and oxygen atoms in total. The number of aromatic nitrogens is 3. The summed E-state index contributed by atoms with van der Waals surface area (Å²) in [5, 5.41) is 16.6. The highest BCUT2D eigenvalue weighted by atomic mass is 16.3. The molecule has 1 atom stereocenters. The number of rotatable bonds is 8. The van der Waals surface area contributed by atoms with Gasteiger partial charge in [-0.25, -0.2) is 9.97 Å². The van der Waals surface area contributed by atoms with Gasteiger partial charge in [-0.05, 0) is 43.3 Å². The van der Waals surface area contributed by atoms with Gasteiger partial charge < -0.3 is 20.6 Å². The summed E-state index contributed by atoms with van der Waals surface area (Å²) < 4.78 is 0. The average Bonchev–Trinajstić information content (AvgIpc) is 2.93. The summed E-state index contributed by atoms with van der Waals surface area (Å²) in [6, 6.07) is 16.0. The van der Waals surface area contributed by atoms with E-state index in [1.807, 2.05) is 43.3 Å². The summed E-state index contributed by atoms with van der Waals surface area (Å²) in [6.45, 7) is 9.80. The lowest BCUT2D eigenvalue weighted by Crippen LogP contribution is -2.48. The first-order valence-corrected chi connectivity index (χ1v) is 12.7. The Balaban J connectivity index is 1.32. The molecule has 1 fully saturated rings. The Bertz CT molecular complexity index is 1430. The summed E-state index contributed by atoms with van der Waals surface area (Å²) in [4.78, 5) is 30.0. The molecule has 2 aromatic carbocycles. The first-order chi connectivity index (χ1) is 18.5. The zero-order valence-electron chi connectivity index (χ0n) is 21.3. The van der Waals surface area contributed by atoms with Crippen molar-refractivity contribution >= 4 is 39.8 Å². The Morgan fingerprint density at radius 2 is 1.87 bits per heavy atom. The van der Waals surface area contributed by atoms with Crippen molar-refractivity contribution in [2.45, 2.75) is 13.0 Å². The van der Waals surface area contributed by atoms with Crippen LogP contribution in [0.15, 0.2) is 79.8 Å². The molecule has 3 heterocycles. The van der Waals surface area contributed by atoms with Gasteiger partial charge in [0.25, 0.3) is 0 Å². The SMILES string of the molecule is C=CC(=O)Nc1cncc(-c2cccc3cnc(Nc4ccc(N5CCN(CC(C)O)CC5)cc4)nc23)c1. The topological polar surface area (TPSA) is 107 Å². The lowest BCUT2D eigenvalue weighted by molar-refractivity contribution is -0.111. The number of nitrogens with one attached hydrogen (secondary N) is 2. The zero-order chi connectivity index (χ0) is 26.5. The number of para-hydroxylation sites is 1. The van der Waals surface area contributed by atoms with E-state index in [0.717, 1.165) is 60.4 Å². The molecule has 38 heavy (non-hydrogen) atoms. The number of nitrogens with zero attached hydrogens (tertiary/aromatic N) is 5. The average molecular weight is 510 g/mol. The third kappa shape index (κ3) is 5.96. The van der Waals surface area contributed by atoms with E-state index in [4.69, 9.17) is 4.98 Å². The molecule has 9 heteroatoms. The van der Waals surface area contributed by atoms with Crippen molar-refractivity contribution in [2.75, 3.05) is 48.3 Å². The number of β-amino-alcohol motifs (C(OH)–C–C–N with tert-alkyl or cyclic N) is 1. The van der Waals surface area contributed by atoms with Crippen LogP contribution in [0.4, 0.5) is 23.0 Å². The van der Waals surface area contributed by atoms with Gasteiger partial charge >= 0.3 is 0 Å². The Kier molecular flexibility index (Phi) is 7.57. The fourth-order valence-corrected chi connectivity index (χ4v) is 4.64. The summed E-state index contributed by atoms with van der Waals surface area (Å²) in [6.07, 6.45) is 6.06. The number of fused-ring (bicyclic) bond motifs is 1. The van der Waals surface area contributed by atoms with Gasteiger partial charge in [0.05, 0.1) is 23.5 Å². The van der Waals surface area contributed by atoms with Crippen molar-refractivity contribution in [2.24, 2.45) is 0 Å². The Morgan fingerprint density at radius 3 is 2.61 bits per heavy atom. The highest BCUT2D eigenvalue weighted by Gasteiger charge is 2.18. The second-order valence-corrected chi connectivity index (χ2v) is 9.40. The Morgan fingerprint density at radius 1 is 1.08 bits per heavy atom. The van der Waals surface area contributed by atoms with Crippen LogP contribution in [0.5, 0.6) is 0 Å². The number of amides is 1. The van der Waals surface area contributed by atoms with Gasteiger partial charge in [-0.2, -0.15) is 0 Å². The zero-order valence-corrected chi connectivity index (χ0v) is 21.3. The van der Waals surface area contributed by atoms with Crippen molar-refractivity contribution in [3.63, 3.8) is 0 Å². The van der Waals surface area contributed by atoms with Crippen molar-refractivity contribution in [3.8, 4) is 11.1 Å². The number of aliphatic hydroxyl groups excluding tert-OH is 1. The highest BCUT2D eigenvalue weighted by molar-refractivity contribution is 6.00. The molecule has 0 aliphatic carbocycles. The molecule has 0 saturated carbocycles. The van der Waals surface area contributed by atoms with Crippen molar-refractivity contribution in [1.82, 2.24) is 19.9 Å². The standard InChI is InChI=1S/C29H31N7O2/c1-3-27(38)32-24-15-22(16-30-18-24)26-6-4-5-21-17-31-29(34-28(21)26)33-23-7-9-25(10-8-23)36-13-11-35(12-14-36)19-20(2)37/h3-10,15-18,20,37H,1,11-14,19H2,2H3,(H,32,38)(H,31,33,34). The Labute approximate surface area is 221 Å². The fraction of sp³-hybridized carbons (Fsp3) is 0.241. The van der Waals surface area contributed by atoms with Gasteiger partial charge in [0, 0.05) is 73.0 Å². The van der Waals surface area contributed by atoms with E-state index in [9.17, 15) is 9.90 Å². The summed E-state index contributed by atoms with van der Waals surface area (Å²) in [5.41, 5.74) is 5.16. The number of benzene rings is 2. The summed E-state index contributed by atoms with van der Waals surface area (Å²) >= 11 is 0. The second kappa shape index (κ2) is 11.4. The lowest BCUT2D eigenvalue weighted by Gasteiger charge is -2.36. The van der Waals surface area contributed by atoms with Crippen LogP contribution < -0.4 is 15.5 Å². The predicted molar refractivity (Wildman–Crippen MR) is 152 cm³/mol. The molecule has 1 unspecified atom stereocenters. The van der Waals surface area contributed by atoms with Crippen LogP contribution in [0, 0.1) is 0 Å². The molecule has 4 aromatic rings. The van der Waals surface area contributed by atoms with E-state index in [2.05, 4.69) is 49.1 Å². The fourth-order valence-electron chi connectivity index (χ4n) is 4.64. The second-order valence-electron chi connectivity index (χ2n) is 9.40. The summed E-state index contributed by atoms with van der Waals surface area (Å²) in [5.74, 6) is 0.203. The van der Waals surface area contributed by atoms with Crippen LogP contribution in [-0.2, 0) is 4.79 Å². The maximum atomic E-state index is 11.7. The van der Waals surface area contributed by atoms with E-state index in [1.165, 1.54) is 11.8 Å². The van der Waals surface area contributed by atoms with Crippen LogP contribution in [0.1, 0.15) is 6.92 Å². The molecule has 1 amide bonds. The minimum atomic E-state index is -0.299. The lowest BCUT2D eigenvalue weighted by atomic mass is 10.0. The monoisotopic (exact) mass is 509 g/mol. The molecule has 0 radical (unpaired) electrons. The van der Waals surface area contributed by atoms with E-state index in [-0.39, 0.29) is 12.0 Å². The third-order valence-electron chi connectivity index (χ3n) is 6.50. The third-order valence-corrected chi connectivity index (χ3v) is 6.50. The predicted octanol–water partition coefficient (Wildman–Crippen LogP) is 4.06. The number of hydrogen-bond donors (Lipinski definition) is 3. The number of carbonyl (C=O) groups excluding carboxylic acids is 1. The van der Waals surface area contributed by atoms with Gasteiger partial charge in [0.15, 0.2) is 0 Å². The Hall–Kier alpha value is -4.34. The van der Waals surface area contributed by atoms with Gasteiger partial charge in [-0.3, -0.25) is 14.7 Å². The van der Waals surface area contributed by atoms with Crippen LogP contribution in [0.2, 0.25) is 0 Å². The number of anilines is 4. The number of aliphatic hydroxyl groups is 1. The van der Waals surface area contributed by atoms with Crippen LogP contribution in [0.25, 0.3) is 22.0 Å². The van der Waals surface area contributed by atoms with Crippen molar-refractivity contribution in [1.29, 1.82) is 0 Å². The number of pyridine rings is 1. The van der Waals surface area contributed by atoms with Crippen LogP contribution in [-0.4, -0.2) is 69.7 Å². The molecule has 3 N–H and O–H groups in total. The van der Waals surface area contributed by atoms with E-state index in [0.29, 0.717) is 11.6 Å². The number of carbonyl (C=O) groups is 1. The van der Waals surface area contributed by atoms with E-state index in [1.54, 1.807) is 18.6 Å². The molecule has 1 aliphatic rings. The maximum Gasteiger partial charge on any atom is 0.247 e. The van der Waals surface area contributed by atoms with Crippen molar-refractivity contribution < 1.29 is 9.90 Å². The molecule has 1 aliphatic heterocycles. The number of hydrogen-bond acceptors (Lipinski definition) is 8. The first-order valence-electron chi connectivity index (χ1n) is 12.7. The quantitative estimate of drug-likeness (QED) is 0.305. The maximum absolute atomic E-state index is 11.7. The van der Waals surface area contributed by atoms with Gasteiger partial charge in [0.1, 0.15) is 0 Å². The summed E-state index contributed by atoms with van der Waals surface area (Å²) in [7, 11) is 0. The molecule has 0 bridgehead atoms. The molecule has 2 aromatic heterocycles. The normalized spacial score (nSPS) is 14.7. The van der Waals surface area contributed by atoms with Crippen LogP contribution >= 0.6 is 0 Å². The minimum absolute atomic E-state index is 0.291. The van der Waals surface area contributed by atoms with Gasteiger partial charge in [-0.15, -0.1) is 0 Å². The smallest absolute Gasteiger partial charge is 0.247 e. The largest absolute Gasteiger partial charge is 0.392 e. The molecular formula is C29H31N7O2. The van der Waals surface area contributed by atoms with Gasteiger partial charge in [0.2, 0.25) is 11.9 Å². The molecule has 1 saturated heterocycles. The van der Waals surface area contributed by atoms with Gasteiger partial charge in [-0.1, -0.05) is 24.8 Å². The minimum Gasteiger partial charge on any atom is -0.392 e. The van der Waals surface area contributed by atoms with Crippen molar-refractivity contribution in [3.05, 3.63) is 79.8 Å². The first kappa shape index (κ1) is 25.3. The highest BCUT2D eigenvalue weighted by Crippen LogP contribution is 2.29. The number of piperazine rings is 1. The van der Waals surface area contributed by atoms with E-state index < -0.39 is 0 Å². The molecule has 194 valence electrons. The molecule has 5 rings (SSSR count). The molecular weight excluding hydrogens is 478 g/mol. The van der Waals surface area contributed by atoms with E-state index >= 15 is 0 Å². The van der Waals surface area contributed by atoms with Crippen LogP contribution in [0.3, 0.4) is 0 Å².